The van der Waals surface area contributed by atoms with E-state index in [2.05, 4.69) is 34.3 Å². The average molecular weight is 328 g/mol. The molecule has 0 fully saturated rings. The van der Waals surface area contributed by atoms with Crippen LogP contribution in [0.25, 0.3) is 10.2 Å². The number of thiophene rings is 1. The predicted octanol–water partition coefficient (Wildman–Crippen LogP) is 4.67. The smallest absolute Gasteiger partial charge is 0.158 e. The van der Waals surface area contributed by atoms with Gasteiger partial charge in [-0.25, -0.2) is 14.4 Å². The van der Waals surface area contributed by atoms with E-state index in [4.69, 9.17) is 0 Å². The minimum absolute atomic E-state index is 0.251. The number of anilines is 1. The number of hydrazone groups is 1. The van der Waals surface area contributed by atoms with Crippen LogP contribution in [-0.4, -0.2) is 15.7 Å². The Hall–Kier alpha value is -2.34. The molecule has 0 spiro atoms. The van der Waals surface area contributed by atoms with E-state index >= 15 is 0 Å². The van der Waals surface area contributed by atoms with Gasteiger partial charge in [-0.1, -0.05) is 19.1 Å². The van der Waals surface area contributed by atoms with Gasteiger partial charge in [0.1, 0.15) is 17.0 Å². The molecule has 1 N–H and O–H groups in total. The van der Waals surface area contributed by atoms with Gasteiger partial charge in [-0.3, -0.25) is 5.43 Å². The largest absolute Gasteiger partial charge is 0.260 e. The zero-order valence-corrected chi connectivity index (χ0v) is 14.0. The number of halogens is 1. The summed E-state index contributed by atoms with van der Waals surface area (Å²) in [4.78, 5) is 10.8. The van der Waals surface area contributed by atoms with Gasteiger partial charge in [-0.15, -0.1) is 11.3 Å². The van der Waals surface area contributed by atoms with E-state index < -0.39 is 0 Å². The molecule has 0 aliphatic rings. The highest BCUT2D eigenvalue weighted by molar-refractivity contribution is 7.18. The predicted molar refractivity (Wildman–Crippen MR) is 93.7 cm³/mol. The second-order valence-corrected chi connectivity index (χ2v) is 6.42. The molecule has 2 aromatic heterocycles. The normalized spacial score (nSPS) is 11.9. The molecule has 23 heavy (non-hydrogen) atoms. The molecule has 4 nitrogen and oxygen atoms in total. The van der Waals surface area contributed by atoms with Crippen molar-refractivity contribution in [3.63, 3.8) is 0 Å². The number of fused-ring (bicyclic) bond motifs is 1. The Balaban J connectivity index is 1.96. The lowest BCUT2D eigenvalue weighted by molar-refractivity contribution is 0.627. The average Bonchev–Trinajstić information content (AvgIpc) is 2.85. The molecule has 0 aliphatic carbocycles. The van der Waals surface area contributed by atoms with E-state index in [9.17, 15) is 4.39 Å². The first-order valence-corrected chi connectivity index (χ1v) is 8.21. The van der Waals surface area contributed by atoms with Crippen molar-refractivity contribution < 1.29 is 4.39 Å². The third-order valence-corrected chi connectivity index (χ3v) is 4.89. The van der Waals surface area contributed by atoms with Crippen LogP contribution < -0.4 is 5.43 Å². The molecule has 0 aliphatic heterocycles. The topological polar surface area (TPSA) is 50.2 Å². The van der Waals surface area contributed by atoms with Crippen LogP contribution in [0, 0.1) is 19.7 Å². The maximum Gasteiger partial charge on any atom is 0.158 e. The second kappa shape index (κ2) is 6.42. The Kier molecular flexibility index (Phi) is 4.34. The van der Waals surface area contributed by atoms with Crippen molar-refractivity contribution in [2.75, 3.05) is 5.43 Å². The quantitative estimate of drug-likeness (QED) is 0.559. The lowest BCUT2D eigenvalue weighted by Crippen LogP contribution is -2.04. The fourth-order valence-corrected chi connectivity index (χ4v) is 3.37. The van der Waals surface area contributed by atoms with Gasteiger partial charge in [0.25, 0.3) is 0 Å². The minimum Gasteiger partial charge on any atom is -0.260 e. The first-order valence-electron chi connectivity index (χ1n) is 7.39. The van der Waals surface area contributed by atoms with Gasteiger partial charge in [-0.05, 0) is 43.5 Å². The van der Waals surface area contributed by atoms with Crippen LogP contribution in [0.3, 0.4) is 0 Å². The summed E-state index contributed by atoms with van der Waals surface area (Å²) in [6.07, 6.45) is 2.27. The summed E-state index contributed by atoms with van der Waals surface area (Å²) in [6.45, 7) is 6.15. The van der Waals surface area contributed by atoms with Gasteiger partial charge < -0.3 is 0 Å². The van der Waals surface area contributed by atoms with Crippen molar-refractivity contribution in [2.24, 2.45) is 5.10 Å². The fourth-order valence-electron chi connectivity index (χ4n) is 2.38. The Morgan fingerprint density at radius 1 is 1.22 bits per heavy atom. The summed E-state index contributed by atoms with van der Waals surface area (Å²) >= 11 is 1.65. The number of nitrogens with zero attached hydrogens (tertiary/aromatic N) is 3. The highest BCUT2D eigenvalue weighted by atomic mass is 32.1. The molecule has 6 heteroatoms. The summed E-state index contributed by atoms with van der Waals surface area (Å²) in [7, 11) is 0. The lowest BCUT2D eigenvalue weighted by atomic mass is 10.1. The zero-order chi connectivity index (χ0) is 16.4. The van der Waals surface area contributed by atoms with Crippen molar-refractivity contribution in [1.29, 1.82) is 0 Å². The third kappa shape index (κ3) is 3.07. The molecule has 2 heterocycles. The maximum atomic E-state index is 13.1. The minimum atomic E-state index is -0.251. The molecular formula is C17H17FN4S. The standard InChI is InChI=1S/C17H17FN4S/c1-4-14(12-5-7-13(18)8-6-12)21-22-16-15-10(2)11(3)23-17(15)20-9-19-16/h5-9H,4H2,1-3H3,(H,19,20,22)/b21-14-. The van der Waals surface area contributed by atoms with E-state index in [-0.39, 0.29) is 5.82 Å². The van der Waals surface area contributed by atoms with Crippen LogP contribution in [0.1, 0.15) is 29.3 Å². The fraction of sp³-hybridized carbons (Fsp3) is 0.235. The van der Waals surface area contributed by atoms with Gasteiger partial charge in [0.15, 0.2) is 5.82 Å². The molecular weight excluding hydrogens is 311 g/mol. The SMILES string of the molecule is CC/C(=N/Nc1ncnc2sc(C)c(C)c12)c1ccc(F)cc1. The Morgan fingerprint density at radius 3 is 2.65 bits per heavy atom. The number of benzene rings is 1. The van der Waals surface area contributed by atoms with Gasteiger partial charge in [0.05, 0.1) is 11.1 Å². The van der Waals surface area contributed by atoms with Crippen LogP contribution in [0.5, 0.6) is 0 Å². The molecule has 3 aromatic rings. The summed E-state index contributed by atoms with van der Waals surface area (Å²) in [6, 6.07) is 6.34. The van der Waals surface area contributed by atoms with Crippen molar-refractivity contribution in [1.82, 2.24) is 9.97 Å². The second-order valence-electron chi connectivity index (χ2n) is 5.22. The number of rotatable bonds is 4. The van der Waals surface area contributed by atoms with E-state index in [0.29, 0.717) is 5.82 Å². The highest BCUT2D eigenvalue weighted by Crippen LogP contribution is 2.32. The van der Waals surface area contributed by atoms with Crippen LogP contribution in [0.15, 0.2) is 35.7 Å². The van der Waals surface area contributed by atoms with Crippen LogP contribution in [0.2, 0.25) is 0 Å². The van der Waals surface area contributed by atoms with Crippen LogP contribution in [-0.2, 0) is 0 Å². The molecule has 0 bridgehead atoms. The molecule has 0 saturated heterocycles. The summed E-state index contributed by atoms with van der Waals surface area (Å²) in [5.41, 5.74) is 5.97. The van der Waals surface area contributed by atoms with Gasteiger partial charge in [-0.2, -0.15) is 5.10 Å². The first-order chi connectivity index (χ1) is 11.1. The third-order valence-electron chi connectivity index (χ3n) is 3.77. The monoisotopic (exact) mass is 328 g/mol. The van der Waals surface area contributed by atoms with Crippen molar-refractivity contribution in [3.8, 4) is 0 Å². The molecule has 0 radical (unpaired) electrons. The molecule has 0 atom stereocenters. The van der Waals surface area contributed by atoms with Crippen molar-refractivity contribution >= 4 is 33.1 Å². The lowest BCUT2D eigenvalue weighted by Gasteiger charge is -2.07. The number of hydrogen-bond donors (Lipinski definition) is 1. The summed E-state index contributed by atoms with van der Waals surface area (Å²) in [5.74, 6) is 0.448. The van der Waals surface area contributed by atoms with Crippen molar-refractivity contribution in [3.05, 3.63) is 52.4 Å². The number of aryl methyl sites for hydroxylation is 2. The van der Waals surface area contributed by atoms with E-state index in [1.165, 1.54) is 22.6 Å². The Morgan fingerprint density at radius 2 is 1.96 bits per heavy atom. The van der Waals surface area contributed by atoms with E-state index in [1.807, 2.05) is 6.92 Å². The Labute approximate surface area is 138 Å². The molecule has 0 amide bonds. The number of aromatic nitrogens is 2. The van der Waals surface area contributed by atoms with Crippen LogP contribution >= 0.6 is 11.3 Å². The molecule has 0 unspecified atom stereocenters. The first kappa shape index (κ1) is 15.6. The Bertz CT molecular complexity index is 868. The van der Waals surface area contributed by atoms with E-state index in [0.717, 1.165) is 27.9 Å². The summed E-state index contributed by atoms with van der Waals surface area (Å²) in [5, 5.41) is 5.48. The van der Waals surface area contributed by atoms with Crippen molar-refractivity contribution in [2.45, 2.75) is 27.2 Å². The van der Waals surface area contributed by atoms with Crippen LogP contribution in [0.4, 0.5) is 10.2 Å². The van der Waals surface area contributed by atoms with Gasteiger partial charge in [0, 0.05) is 4.88 Å². The van der Waals surface area contributed by atoms with E-state index in [1.54, 1.807) is 29.8 Å². The number of nitrogens with one attached hydrogen (secondary N) is 1. The molecule has 0 saturated carbocycles. The molecule has 118 valence electrons. The molecule has 3 rings (SSSR count). The number of hydrogen-bond acceptors (Lipinski definition) is 5. The van der Waals surface area contributed by atoms with Gasteiger partial charge >= 0.3 is 0 Å². The maximum absolute atomic E-state index is 13.1. The molecule has 1 aromatic carbocycles. The zero-order valence-electron chi connectivity index (χ0n) is 13.2. The highest BCUT2D eigenvalue weighted by Gasteiger charge is 2.11. The summed E-state index contributed by atoms with van der Waals surface area (Å²) < 4.78 is 13.1. The van der Waals surface area contributed by atoms with Gasteiger partial charge in [0.2, 0.25) is 0 Å².